The van der Waals surface area contributed by atoms with E-state index < -0.39 is 0 Å². The number of hydrogen-bond donors (Lipinski definition) is 1. The topological polar surface area (TPSA) is 42.7 Å². The highest BCUT2D eigenvalue weighted by atomic mass is 15.4. The van der Waals surface area contributed by atoms with E-state index in [0.717, 1.165) is 30.7 Å². The number of fused-ring (bicyclic) bond motifs is 1. The third-order valence-corrected chi connectivity index (χ3v) is 3.42. The first-order chi connectivity index (χ1) is 9.88. The predicted octanol–water partition coefficient (Wildman–Crippen LogP) is 2.59. The Hall–Kier alpha value is -2.20. The molecule has 4 nitrogen and oxygen atoms in total. The van der Waals surface area contributed by atoms with Gasteiger partial charge in [-0.05, 0) is 29.8 Å². The normalized spacial score (nSPS) is 11.1. The van der Waals surface area contributed by atoms with Crippen LogP contribution < -0.4 is 5.32 Å². The van der Waals surface area contributed by atoms with E-state index in [1.54, 1.807) is 0 Å². The Morgan fingerprint density at radius 2 is 1.75 bits per heavy atom. The number of hydrogen-bond acceptors (Lipinski definition) is 3. The standard InChI is InChI=1S/C16H18N4/c1-2-17-11-13-7-3-4-8-14(13)12-20-16-10-6-5-9-15(16)18-19-20/h3-10,17H,2,11-12H2,1H3. The lowest BCUT2D eigenvalue weighted by Gasteiger charge is -2.10. The van der Waals surface area contributed by atoms with Crippen molar-refractivity contribution in [3.05, 3.63) is 59.7 Å². The molecule has 1 heterocycles. The van der Waals surface area contributed by atoms with Crippen LogP contribution in [0, 0.1) is 0 Å². The van der Waals surface area contributed by atoms with E-state index >= 15 is 0 Å². The second kappa shape index (κ2) is 5.84. The monoisotopic (exact) mass is 266 g/mol. The van der Waals surface area contributed by atoms with Crippen molar-refractivity contribution in [3.63, 3.8) is 0 Å². The average molecular weight is 266 g/mol. The van der Waals surface area contributed by atoms with E-state index in [4.69, 9.17) is 0 Å². The SMILES string of the molecule is CCNCc1ccccc1Cn1nnc2ccccc21. The summed E-state index contributed by atoms with van der Waals surface area (Å²) >= 11 is 0. The number of aromatic nitrogens is 3. The van der Waals surface area contributed by atoms with Crippen LogP contribution in [0.5, 0.6) is 0 Å². The van der Waals surface area contributed by atoms with Crippen LogP contribution in [-0.2, 0) is 13.1 Å². The van der Waals surface area contributed by atoms with Crippen molar-refractivity contribution in [2.24, 2.45) is 0 Å². The Bertz CT molecular complexity index is 702. The van der Waals surface area contributed by atoms with Crippen molar-refractivity contribution in [2.45, 2.75) is 20.0 Å². The molecule has 0 aliphatic carbocycles. The van der Waals surface area contributed by atoms with Crippen LogP contribution in [0.2, 0.25) is 0 Å². The summed E-state index contributed by atoms with van der Waals surface area (Å²) in [4.78, 5) is 0. The fourth-order valence-corrected chi connectivity index (χ4v) is 2.34. The van der Waals surface area contributed by atoms with E-state index in [9.17, 15) is 0 Å². The van der Waals surface area contributed by atoms with E-state index in [2.05, 4.69) is 52.9 Å². The first-order valence-electron chi connectivity index (χ1n) is 6.94. The van der Waals surface area contributed by atoms with Gasteiger partial charge in [-0.25, -0.2) is 4.68 Å². The molecule has 0 saturated carbocycles. The lowest BCUT2D eigenvalue weighted by Crippen LogP contribution is -2.14. The highest BCUT2D eigenvalue weighted by molar-refractivity contribution is 5.73. The molecule has 0 aliphatic heterocycles. The fourth-order valence-electron chi connectivity index (χ4n) is 2.34. The van der Waals surface area contributed by atoms with Crippen LogP contribution in [-0.4, -0.2) is 21.5 Å². The summed E-state index contributed by atoms with van der Waals surface area (Å²) in [7, 11) is 0. The third kappa shape index (κ3) is 2.56. The van der Waals surface area contributed by atoms with Crippen LogP contribution in [0.15, 0.2) is 48.5 Å². The van der Waals surface area contributed by atoms with Crippen LogP contribution in [0.4, 0.5) is 0 Å². The van der Waals surface area contributed by atoms with Gasteiger partial charge in [-0.2, -0.15) is 0 Å². The Labute approximate surface area is 118 Å². The van der Waals surface area contributed by atoms with E-state index in [1.807, 2.05) is 22.9 Å². The van der Waals surface area contributed by atoms with Crippen LogP contribution >= 0.6 is 0 Å². The lowest BCUT2D eigenvalue weighted by molar-refractivity contribution is 0.655. The Balaban J connectivity index is 1.91. The van der Waals surface area contributed by atoms with Gasteiger partial charge in [-0.1, -0.05) is 48.5 Å². The largest absolute Gasteiger partial charge is 0.313 e. The minimum Gasteiger partial charge on any atom is -0.313 e. The molecule has 3 rings (SSSR count). The summed E-state index contributed by atoms with van der Waals surface area (Å²) in [5, 5.41) is 11.8. The zero-order valence-electron chi connectivity index (χ0n) is 11.6. The molecule has 1 N–H and O–H groups in total. The average Bonchev–Trinajstić information content (AvgIpc) is 2.90. The molecule has 0 spiro atoms. The number of para-hydroxylation sites is 1. The molecule has 2 aromatic carbocycles. The first kappa shape index (κ1) is 12.8. The summed E-state index contributed by atoms with van der Waals surface area (Å²) in [6.45, 7) is 4.73. The molecule has 3 aromatic rings. The first-order valence-corrected chi connectivity index (χ1v) is 6.94. The summed E-state index contributed by atoms with van der Waals surface area (Å²) < 4.78 is 1.96. The summed E-state index contributed by atoms with van der Waals surface area (Å²) in [6, 6.07) is 16.5. The second-order valence-electron chi connectivity index (χ2n) is 4.78. The number of nitrogens with zero attached hydrogens (tertiary/aromatic N) is 3. The van der Waals surface area contributed by atoms with Gasteiger partial charge in [-0.3, -0.25) is 0 Å². The molecule has 0 unspecified atom stereocenters. The zero-order chi connectivity index (χ0) is 13.8. The molecule has 4 heteroatoms. The Morgan fingerprint density at radius 3 is 2.60 bits per heavy atom. The number of rotatable bonds is 5. The molecule has 20 heavy (non-hydrogen) atoms. The fraction of sp³-hybridized carbons (Fsp3) is 0.250. The van der Waals surface area contributed by atoms with Crippen LogP contribution in [0.1, 0.15) is 18.1 Å². The second-order valence-corrected chi connectivity index (χ2v) is 4.78. The molecule has 0 saturated heterocycles. The molecule has 0 atom stereocenters. The maximum Gasteiger partial charge on any atom is 0.113 e. The Morgan fingerprint density at radius 1 is 1.00 bits per heavy atom. The molecule has 0 amide bonds. The third-order valence-electron chi connectivity index (χ3n) is 3.42. The summed E-state index contributed by atoms with van der Waals surface area (Å²) in [6.07, 6.45) is 0. The molecule has 102 valence electrons. The summed E-state index contributed by atoms with van der Waals surface area (Å²) in [5.74, 6) is 0. The van der Waals surface area contributed by atoms with E-state index in [1.165, 1.54) is 11.1 Å². The summed E-state index contributed by atoms with van der Waals surface area (Å²) in [5.41, 5.74) is 4.61. The van der Waals surface area contributed by atoms with Gasteiger partial charge in [0.25, 0.3) is 0 Å². The minimum atomic E-state index is 0.752. The molecular weight excluding hydrogens is 248 g/mol. The van der Waals surface area contributed by atoms with E-state index in [0.29, 0.717) is 0 Å². The zero-order valence-corrected chi connectivity index (χ0v) is 11.6. The maximum atomic E-state index is 4.26. The number of benzene rings is 2. The van der Waals surface area contributed by atoms with Crippen molar-refractivity contribution in [2.75, 3.05) is 6.54 Å². The lowest BCUT2D eigenvalue weighted by atomic mass is 10.1. The molecule has 0 aliphatic rings. The molecule has 0 radical (unpaired) electrons. The van der Waals surface area contributed by atoms with Gasteiger partial charge < -0.3 is 5.32 Å². The Kier molecular flexibility index (Phi) is 3.74. The van der Waals surface area contributed by atoms with Gasteiger partial charge in [0.05, 0.1) is 12.1 Å². The van der Waals surface area contributed by atoms with Crippen molar-refractivity contribution in [1.29, 1.82) is 0 Å². The minimum absolute atomic E-state index is 0.752. The quantitative estimate of drug-likeness (QED) is 0.772. The smallest absolute Gasteiger partial charge is 0.113 e. The van der Waals surface area contributed by atoms with Crippen molar-refractivity contribution >= 4 is 11.0 Å². The molecule has 0 bridgehead atoms. The highest BCUT2D eigenvalue weighted by Crippen LogP contribution is 2.14. The number of nitrogens with one attached hydrogen (secondary N) is 1. The van der Waals surface area contributed by atoms with Crippen molar-refractivity contribution < 1.29 is 0 Å². The van der Waals surface area contributed by atoms with Gasteiger partial charge in [0, 0.05) is 6.54 Å². The van der Waals surface area contributed by atoms with E-state index in [-0.39, 0.29) is 0 Å². The van der Waals surface area contributed by atoms with Gasteiger partial charge in [0.1, 0.15) is 5.52 Å². The van der Waals surface area contributed by atoms with Gasteiger partial charge in [0.15, 0.2) is 0 Å². The molecular formula is C16H18N4. The predicted molar refractivity (Wildman–Crippen MR) is 80.5 cm³/mol. The van der Waals surface area contributed by atoms with Gasteiger partial charge >= 0.3 is 0 Å². The van der Waals surface area contributed by atoms with Gasteiger partial charge in [0.2, 0.25) is 0 Å². The van der Waals surface area contributed by atoms with Crippen molar-refractivity contribution in [1.82, 2.24) is 20.3 Å². The van der Waals surface area contributed by atoms with Crippen LogP contribution in [0.25, 0.3) is 11.0 Å². The highest BCUT2D eigenvalue weighted by Gasteiger charge is 2.07. The molecule has 1 aromatic heterocycles. The van der Waals surface area contributed by atoms with Crippen molar-refractivity contribution in [3.8, 4) is 0 Å². The maximum absolute atomic E-state index is 4.26. The van der Waals surface area contributed by atoms with Gasteiger partial charge in [-0.15, -0.1) is 5.10 Å². The van der Waals surface area contributed by atoms with Crippen LogP contribution in [0.3, 0.4) is 0 Å². The molecule has 0 fully saturated rings.